The van der Waals surface area contributed by atoms with Gasteiger partial charge in [0.1, 0.15) is 5.75 Å². The summed E-state index contributed by atoms with van der Waals surface area (Å²) in [5.41, 5.74) is 2.30. The lowest BCUT2D eigenvalue weighted by atomic mass is 10.1. The van der Waals surface area contributed by atoms with Crippen LogP contribution in [0.25, 0.3) is 11.3 Å². The highest BCUT2D eigenvalue weighted by atomic mass is 32.1. The maximum Gasteiger partial charge on any atom is 0.267 e. The van der Waals surface area contributed by atoms with E-state index < -0.39 is 6.10 Å². The smallest absolute Gasteiger partial charge is 0.267 e. The molecule has 0 saturated heterocycles. The van der Waals surface area contributed by atoms with Crippen LogP contribution in [0.2, 0.25) is 0 Å². The van der Waals surface area contributed by atoms with Gasteiger partial charge in [0.2, 0.25) is 0 Å². The van der Waals surface area contributed by atoms with Gasteiger partial charge in [-0.3, -0.25) is 14.9 Å². The molecule has 3 aromatic rings. The van der Waals surface area contributed by atoms with Gasteiger partial charge in [0.25, 0.3) is 11.8 Å². The molecule has 2 aromatic heterocycles. The van der Waals surface area contributed by atoms with E-state index in [9.17, 15) is 9.59 Å². The van der Waals surface area contributed by atoms with E-state index >= 15 is 0 Å². The van der Waals surface area contributed by atoms with Gasteiger partial charge in [-0.1, -0.05) is 6.07 Å². The zero-order valence-electron chi connectivity index (χ0n) is 14.1. The quantitative estimate of drug-likeness (QED) is 0.743. The molecule has 0 spiro atoms. The van der Waals surface area contributed by atoms with Crippen molar-refractivity contribution >= 4 is 45.3 Å². The third kappa shape index (κ3) is 2.97. The van der Waals surface area contributed by atoms with E-state index in [0.717, 1.165) is 11.3 Å². The number of nitrogens with zero attached hydrogens (tertiary/aromatic N) is 2. The van der Waals surface area contributed by atoms with Crippen molar-refractivity contribution in [1.29, 1.82) is 0 Å². The molecule has 3 heterocycles. The van der Waals surface area contributed by atoms with Crippen LogP contribution in [0.4, 0.5) is 10.8 Å². The number of amides is 2. The number of carbonyl (C=O) groups is 2. The monoisotopic (exact) mass is 385 g/mol. The molecule has 0 bridgehead atoms. The van der Waals surface area contributed by atoms with Gasteiger partial charge in [0.05, 0.1) is 16.3 Å². The third-order valence-electron chi connectivity index (χ3n) is 4.07. The van der Waals surface area contributed by atoms with Gasteiger partial charge in [-0.05, 0) is 36.6 Å². The van der Waals surface area contributed by atoms with Crippen molar-refractivity contribution < 1.29 is 14.3 Å². The number of nitrogens with one attached hydrogen (secondary N) is 1. The summed E-state index contributed by atoms with van der Waals surface area (Å²) in [4.78, 5) is 31.0. The Bertz CT molecular complexity index is 981. The van der Waals surface area contributed by atoms with E-state index in [1.165, 1.54) is 22.7 Å². The Morgan fingerprint density at radius 1 is 1.31 bits per heavy atom. The highest BCUT2D eigenvalue weighted by molar-refractivity contribution is 7.14. The second-order valence-electron chi connectivity index (χ2n) is 5.81. The van der Waals surface area contributed by atoms with Gasteiger partial charge in [0, 0.05) is 18.0 Å². The van der Waals surface area contributed by atoms with Gasteiger partial charge in [-0.15, -0.1) is 22.7 Å². The normalized spacial score (nSPS) is 16.2. The molecule has 4 rings (SSSR count). The van der Waals surface area contributed by atoms with Crippen LogP contribution in [0, 0.1) is 0 Å². The summed E-state index contributed by atoms with van der Waals surface area (Å²) in [6, 6.07) is 9.22. The summed E-state index contributed by atoms with van der Waals surface area (Å²) in [7, 11) is 1.73. The number of carbonyl (C=O) groups excluding carboxylic acids is 2. The van der Waals surface area contributed by atoms with E-state index in [4.69, 9.17) is 4.74 Å². The molecule has 2 amide bonds. The molecule has 1 aromatic carbocycles. The summed E-state index contributed by atoms with van der Waals surface area (Å²) >= 11 is 2.74. The highest BCUT2D eigenvalue weighted by Crippen LogP contribution is 2.37. The van der Waals surface area contributed by atoms with Gasteiger partial charge < -0.3 is 9.64 Å². The van der Waals surface area contributed by atoms with Crippen molar-refractivity contribution in [2.75, 3.05) is 17.3 Å². The number of thiazole rings is 1. The highest BCUT2D eigenvalue weighted by Gasteiger charge is 2.29. The third-order valence-corrected chi connectivity index (χ3v) is 5.69. The lowest BCUT2D eigenvalue weighted by molar-refractivity contribution is -0.125. The first-order chi connectivity index (χ1) is 12.5. The average molecular weight is 385 g/mol. The Labute approximate surface area is 158 Å². The second kappa shape index (κ2) is 6.54. The Kier molecular flexibility index (Phi) is 4.21. The maximum absolute atomic E-state index is 12.1. The second-order valence-corrected chi connectivity index (χ2v) is 7.61. The van der Waals surface area contributed by atoms with Crippen molar-refractivity contribution in [2.24, 2.45) is 0 Å². The van der Waals surface area contributed by atoms with Crippen LogP contribution >= 0.6 is 22.7 Å². The van der Waals surface area contributed by atoms with Crippen molar-refractivity contribution in [3.8, 4) is 17.0 Å². The fourth-order valence-electron chi connectivity index (χ4n) is 2.70. The van der Waals surface area contributed by atoms with Crippen LogP contribution in [0.1, 0.15) is 16.6 Å². The number of fused-ring (bicyclic) bond motifs is 1. The molecule has 132 valence electrons. The minimum atomic E-state index is -0.489. The first-order valence-electron chi connectivity index (χ1n) is 7.92. The number of ether oxygens (including phenoxy) is 1. The van der Waals surface area contributed by atoms with Crippen molar-refractivity contribution in [3.05, 3.63) is 46.0 Å². The van der Waals surface area contributed by atoms with Gasteiger partial charge in [-0.2, -0.15) is 0 Å². The van der Waals surface area contributed by atoms with Gasteiger partial charge in [-0.25, -0.2) is 4.98 Å². The number of rotatable bonds is 3. The Balaban J connectivity index is 1.58. The van der Waals surface area contributed by atoms with Crippen molar-refractivity contribution in [2.45, 2.75) is 13.0 Å². The van der Waals surface area contributed by atoms with E-state index in [0.29, 0.717) is 21.4 Å². The molecule has 6 nitrogen and oxygen atoms in total. The molecular formula is C18H15N3O3S2. The maximum atomic E-state index is 12.1. The lowest BCUT2D eigenvalue weighted by Gasteiger charge is -2.30. The first-order valence-corrected chi connectivity index (χ1v) is 9.68. The molecule has 8 heteroatoms. The van der Waals surface area contributed by atoms with Crippen molar-refractivity contribution in [3.63, 3.8) is 0 Å². The number of thiophene rings is 1. The summed E-state index contributed by atoms with van der Waals surface area (Å²) < 4.78 is 5.64. The molecule has 1 aliphatic rings. The topological polar surface area (TPSA) is 71.5 Å². The molecule has 0 saturated carbocycles. The number of hydrogen-bond acceptors (Lipinski definition) is 6. The summed E-state index contributed by atoms with van der Waals surface area (Å²) in [6.45, 7) is 1.73. The van der Waals surface area contributed by atoms with Crippen LogP contribution in [0.3, 0.4) is 0 Å². The predicted molar refractivity (Wildman–Crippen MR) is 103 cm³/mol. The van der Waals surface area contributed by atoms with E-state index in [2.05, 4.69) is 10.3 Å². The lowest BCUT2D eigenvalue weighted by Crippen LogP contribution is -2.41. The standard InChI is InChI=1S/C18H15N3O3S2/c1-10-17(23)21(2)13-8-11(5-6-14(13)24-10)12-9-26-18(19-12)20-16(22)15-4-3-7-25-15/h3-10H,1-2H3,(H,19,20,22)/t10-/m1/s1. The molecule has 1 N–H and O–H groups in total. The SMILES string of the molecule is C[C@H]1Oc2ccc(-c3csc(NC(=O)c4cccs4)n3)cc2N(C)C1=O. The molecule has 26 heavy (non-hydrogen) atoms. The van der Waals surface area contributed by atoms with Gasteiger partial charge in [0.15, 0.2) is 11.2 Å². The largest absolute Gasteiger partial charge is 0.479 e. The number of anilines is 2. The zero-order valence-corrected chi connectivity index (χ0v) is 15.7. The summed E-state index contributed by atoms with van der Waals surface area (Å²) in [5, 5.41) is 7.07. The molecule has 0 unspecified atom stereocenters. The Morgan fingerprint density at radius 2 is 2.15 bits per heavy atom. The summed E-state index contributed by atoms with van der Waals surface area (Å²) in [6.07, 6.45) is -0.489. The van der Waals surface area contributed by atoms with E-state index in [1.54, 1.807) is 24.9 Å². The zero-order chi connectivity index (χ0) is 18.3. The van der Waals surface area contributed by atoms with Gasteiger partial charge >= 0.3 is 0 Å². The Hall–Kier alpha value is -2.71. The predicted octanol–water partition coefficient (Wildman–Crippen LogP) is 3.87. The molecule has 0 fully saturated rings. The molecule has 1 atom stereocenters. The van der Waals surface area contributed by atoms with E-state index in [1.807, 2.05) is 35.0 Å². The minimum absolute atomic E-state index is 0.0863. The number of hydrogen-bond donors (Lipinski definition) is 1. The van der Waals surface area contributed by atoms with Crippen LogP contribution in [-0.4, -0.2) is 29.9 Å². The van der Waals surface area contributed by atoms with Crippen molar-refractivity contribution in [1.82, 2.24) is 4.98 Å². The van der Waals surface area contributed by atoms with Crippen LogP contribution < -0.4 is 15.0 Å². The average Bonchev–Trinajstić information content (AvgIpc) is 3.31. The van der Waals surface area contributed by atoms with E-state index in [-0.39, 0.29) is 11.8 Å². The fourth-order valence-corrected chi connectivity index (χ4v) is 4.03. The number of likely N-dealkylation sites (N-methyl/N-ethyl adjacent to an activating group) is 1. The molecule has 1 aliphatic heterocycles. The molecule has 0 aliphatic carbocycles. The number of aromatic nitrogens is 1. The Morgan fingerprint density at radius 3 is 2.92 bits per heavy atom. The minimum Gasteiger partial charge on any atom is -0.479 e. The first kappa shape index (κ1) is 16.7. The van der Waals surface area contributed by atoms with Crippen LogP contribution in [0.5, 0.6) is 5.75 Å². The molecular weight excluding hydrogens is 370 g/mol. The van der Waals surface area contributed by atoms with Crippen LogP contribution in [-0.2, 0) is 4.79 Å². The fraction of sp³-hybridized carbons (Fsp3) is 0.167. The molecule has 0 radical (unpaired) electrons. The van der Waals surface area contributed by atoms with Crippen LogP contribution in [0.15, 0.2) is 41.1 Å². The summed E-state index contributed by atoms with van der Waals surface area (Å²) in [5.74, 6) is 0.417. The number of benzene rings is 1.